The van der Waals surface area contributed by atoms with E-state index >= 15 is 8.78 Å². The Bertz CT molecular complexity index is 1950. The minimum Gasteiger partial charge on any atom is -0.480 e. The highest BCUT2D eigenvalue weighted by Gasteiger charge is 2.54. The van der Waals surface area contributed by atoms with E-state index in [1.54, 1.807) is 25.7 Å². The van der Waals surface area contributed by atoms with Crippen LogP contribution in [0.25, 0.3) is 11.1 Å². The number of halogens is 3. The van der Waals surface area contributed by atoms with E-state index < -0.39 is 35.0 Å². The first-order valence-electron chi connectivity index (χ1n) is 14.7. The van der Waals surface area contributed by atoms with Crippen LogP contribution in [0.5, 0.6) is 28.7 Å². The van der Waals surface area contributed by atoms with Crippen molar-refractivity contribution in [1.29, 1.82) is 5.26 Å². The van der Waals surface area contributed by atoms with Gasteiger partial charge in [0.25, 0.3) is 0 Å². The van der Waals surface area contributed by atoms with E-state index in [1.165, 1.54) is 18.5 Å². The molecule has 234 valence electrons. The molecule has 46 heavy (non-hydrogen) atoms. The summed E-state index contributed by atoms with van der Waals surface area (Å²) in [5, 5.41) is 17.3. The van der Waals surface area contributed by atoms with Gasteiger partial charge in [0, 0.05) is 41.8 Å². The Labute approximate surface area is 268 Å². The molecule has 0 spiro atoms. The Hall–Kier alpha value is -4.95. The highest BCUT2D eigenvalue weighted by Crippen LogP contribution is 2.55. The topological polar surface area (TPSA) is 107 Å². The highest BCUT2D eigenvalue weighted by atomic mass is 35.5. The van der Waals surface area contributed by atoms with Crippen LogP contribution in [0.4, 0.5) is 13.6 Å². The number of ether oxygens (including phenoxy) is 4. The number of carbonyl (C=O) groups is 1. The second-order valence-electron chi connectivity index (χ2n) is 12.4. The molecule has 1 fully saturated rings. The van der Waals surface area contributed by atoms with Crippen molar-refractivity contribution in [2.75, 3.05) is 6.54 Å². The Morgan fingerprint density at radius 3 is 2.48 bits per heavy atom. The van der Waals surface area contributed by atoms with Gasteiger partial charge in [0.2, 0.25) is 5.75 Å². The van der Waals surface area contributed by atoms with Crippen LogP contribution < -0.4 is 14.2 Å². The van der Waals surface area contributed by atoms with Crippen LogP contribution in [0, 0.1) is 23.0 Å². The van der Waals surface area contributed by atoms with Crippen molar-refractivity contribution in [2.45, 2.75) is 57.3 Å². The van der Waals surface area contributed by atoms with Crippen molar-refractivity contribution >= 4 is 17.7 Å². The molecule has 4 heterocycles. The van der Waals surface area contributed by atoms with Gasteiger partial charge in [-0.25, -0.2) is 13.6 Å². The predicted molar refractivity (Wildman–Crippen MR) is 162 cm³/mol. The first-order chi connectivity index (χ1) is 22.0. The quantitative estimate of drug-likeness (QED) is 0.194. The lowest BCUT2D eigenvalue weighted by Gasteiger charge is -2.40. The van der Waals surface area contributed by atoms with Crippen LogP contribution in [0.15, 0.2) is 54.9 Å². The molecule has 0 saturated carbocycles. The fraction of sp³-hybridized carbons (Fsp3) is 0.294. The fourth-order valence-corrected chi connectivity index (χ4v) is 6.77. The SMILES string of the molecule is CC(C)(C)OC(=O)N1CCC[C@H]1[C@@]1(c2ccccc2)Cc2c(cc(F)c(Cl)c2-c2c(C#N)cc3c(c2F)Oc2cnncc2O3)O1. The number of nitriles is 1. The third-order valence-corrected chi connectivity index (χ3v) is 8.72. The van der Waals surface area contributed by atoms with E-state index in [9.17, 15) is 10.1 Å². The van der Waals surface area contributed by atoms with Crippen molar-refractivity contribution < 1.29 is 32.5 Å². The Morgan fingerprint density at radius 2 is 1.78 bits per heavy atom. The lowest BCUT2D eigenvalue weighted by molar-refractivity contribution is -0.0216. The number of hydrogen-bond donors (Lipinski definition) is 0. The molecule has 3 aliphatic heterocycles. The van der Waals surface area contributed by atoms with Crippen molar-refractivity contribution in [3.8, 4) is 45.9 Å². The van der Waals surface area contributed by atoms with Crippen LogP contribution in [0.2, 0.25) is 5.02 Å². The molecule has 3 aromatic carbocycles. The number of fused-ring (bicyclic) bond motifs is 3. The Balaban J connectivity index is 1.40. The summed E-state index contributed by atoms with van der Waals surface area (Å²) in [6.45, 7) is 5.81. The van der Waals surface area contributed by atoms with Gasteiger partial charge in [0.05, 0.1) is 29.0 Å². The van der Waals surface area contributed by atoms with E-state index in [-0.39, 0.29) is 56.9 Å². The molecule has 0 bridgehead atoms. The number of benzene rings is 3. The van der Waals surface area contributed by atoms with Crippen LogP contribution in [0.3, 0.4) is 0 Å². The first kappa shape index (κ1) is 29.7. The third kappa shape index (κ3) is 4.75. The first-order valence-corrected chi connectivity index (χ1v) is 15.1. The zero-order valence-electron chi connectivity index (χ0n) is 25.1. The molecule has 1 saturated heterocycles. The molecule has 4 aromatic rings. The maximum Gasteiger partial charge on any atom is 0.410 e. The molecule has 0 aliphatic carbocycles. The molecule has 0 unspecified atom stereocenters. The highest BCUT2D eigenvalue weighted by molar-refractivity contribution is 6.34. The standard InChI is InChI=1S/C34H27ClF2N4O5/c1-33(2,3)46-32(42)41-11-7-10-26(41)34(19-8-5-4-6-9-19)14-20-22(45-34)13-21(36)29(35)28(20)27-18(15-38)12-23-31(30(27)37)44-25-17-40-39-16-24(25)43-23/h4-6,8-9,12-13,16-17,26H,7,10-11,14H2,1-3H3/t26-,34-/m0/s1. The van der Waals surface area contributed by atoms with Crippen LogP contribution in [-0.4, -0.2) is 39.4 Å². The molecule has 7 rings (SSSR count). The lowest BCUT2D eigenvalue weighted by Crippen LogP contribution is -2.53. The van der Waals surface area contributed by atoms with E-state index in [0.717, 1.165) is 11.6 Å². The van der Waals surface area contributed by atoms with Gasteiger partial charge < -0.3 is 23.8 Å². The van der Waals surface area contributed by atoms with Gasteiger partial charge in [-0.3, -0.25) is 0 Å². The van der Waals surface area contributed by atoms with Gasteiger partial charge in [-0.2, -0.15) is 15.5 Å². The number of rotatable bonds is 3. The number of carbonyl (C=O) groups excluding carboxylic acids is 1. The van der Waals surface area contributed by atoms with E-state index in [2.05, 4.69) is 10.2 Å². The number of amides is 1. The molecule has 9 nitrogen and oxygen atoms in total. The second-order valence-corrected chi connectivity index (χ2v) is 12.7. The molecular formula is C34H27ClF2N4O5. The summed E-state index contributed by atoms with van der Waals surface area (Å²) in [6.07, 6.45) is 3.41. The second kappa shape index (κ2) is 10.8. The summed E-state index contributed by atoms with van der Waals surface area (Å²) in [5.41, 5.74) is -1.30. The van der Waals surface area contributed by atoms with Crippen LogP contribution in [-0.2, 0) is 16.8 Å². The number of hydrogen-bond acceptors (Lipinski definition) is 8. The molecule has 1 amide bonds. The summed E-state index contributed by atoms with van der Waals surface area (Å²) >= 11 is 6.65. The van der Waals surface area contributed by atoms with Gasteiger partial charge in [-0.05, 0) is 39.2 Å². The third-order valence-electron chi connectivity index (χ3n) is 8.35. The van der Waals surface area contributed by atoms with E-state index in [1.807, 2.05) is 36.4 Å². The van der Waals surface area contributed by atoms with Gasteiger partial charge >= 0.3 is 6.09 Å². The maximum absolute atomic E-state index is 16.6. The zero-order valence-corrected chi connectivity index (χ0v) is 25.8. The zero-order chi connectivity index (χ0) is 32.4. The fourth-order valence-electron chi connectivity index (χ4n) is 6.51. The average molecular weight is 645 g/mol. The Morgan fingerprint density at radius 1 is 1.07 bits per heavy atom. The van der Waals surface area contributed by atoms with Crippen molar-refractivity contribution in [1.82, 2.24) is 15.1 Å². The van der Waals surface area contributed by atoms with Crippen molar-refractivity contribution in [2.24, 2.45) is 0 Å². The van der Waals surface area contributed by atoms with Gasteiger partial charge in [-0.15, -0.1) is 0 Å². The summed E-state index contributed by atoms with van der Waals surface area (Å²) in [7, 11) is 0. The monoisotopic (exact) mass is 644 g/mol. The summed E-state index contributed by atoms with van der Waals surface area (Å²) in [4.78, 5) is 15.1. The Kier molecular flexibility index (Phi) is 7.01. The van der Waals surface area contributed by atoms with Gasteiger partial charge in [-0.1, -0.05) is 41.9 Å². The number of aromatic nitrogens is 2. The van der Waals surface area contributed by atoms with E-state index in [0.29, 0.717) is 24.9 Å². The molecular weight excluding hydrogens is 618 g/mol. The average Bonchev–Trinajstić information content (AvgIpc) is 3.67. The molecule has 1 aromatic heterocycles. The number of likely N-dealkylation sites (tertiary alicyclic amines) is 1. The van der Waals surface area contributed by atoms with Crippen LogP contribution in [0.1, 0.15) is 50.3 Å². The predicted octanol–water partition coefficient (Wildman–Crippen LogP) is 8.07. The number of nitrogens with zero attached hydrogens (tertiary/aromatic N) is 4. The smallest absolute Gasteiger partial charge is 0.410 e. The van der Waals surface area contributed by atoms with Gasteiger partial charge in [0.15, 0.2) is 28.7 Å². The minimum atomic E-state index is -1.21. The molecule has 12 heteroatoms. The largest absolute Gasteiger partial charge is 0.480 e. The van der Waals surface area contributed by atoms with Crippen molar-refractivity contribution in [3.63, 3.8) is 0 Å². The summed E-state index contributed by atoms with van der Waals surface area (Å²) in [6, 6.07) is 13.3. The van der Waals surface area contributed by atoms with Crippen molar-refractivity contribution in [3.05, 3.63) is 88.2 Å². The summed E-state index contributed by atoms with van der Waals surface area (Å²) < 4.78 is 56.3. The summed E-state index contributed by atoms with van der Waals surface area (Å²) in [5.74, 6) is -1.79. The molecule has 0 N–H and O–H groups in total. The normalized spacial score (nSPS) is 19.6. The molecule has 3 aliphatic rings. The molecule has 0 radical (unpaired) electrons. The van der Waals surface area contributed by atoms with Crippen LogP contribution >= 0.6 is 11.6 Å². The minimum absolute atomic E-state index is 0.0459. The van der Waals surface area contributed by atoms with E-state index in [4.69, 9.17) is 30.5 Å². The van der Waals surface area contributed by atoms with Gasteiger partial charge in [0.1, 0.15) is 23.2 Å². The maximum atomic E-state index is 16.6. The molecule has 2 atom stereocenters. The lowest BCUT2D eigenvalue weighted by atomic mass is 9.79.